The number of nitrogens with one attached hydrogen (secondary N) is 2. The Morgan fingerprint density at radius 3 is 2.30 bits per heavy atom. The fourth-order valence-electron chi connectivity index (χ4n) is 2.37. The summed E-state index contributed by atoms with van der Waals surface area (Å²) >= 11 is 0. The molecule has 0 fully saturated rings. The number of rotatable bonds is 5. The van der Waals surface area contributed by atoms with E-state index < -0.39 is 11.7 Å². The van der Waals surface area contributed by atoms with Gasteiger partial charge < -0.3 is 10.1 Å². The summed E-state index contributed by atoms with van der Waals surface area (Å²) in [4.78, 5) is 23.9. The van der Waals surface area contributed by atoms with Crippen LogP contribution in [0.1, 0.15) is 34.1 Å². The molecule has 2 rings (SSSR count). The van der Waals surface area contributed by atoms with Crippen molar-refractivity contribution >= 4 is 23.4 Å². The predicted octanol–water partition coefficient (Wildman–Crippen LogP) is 4.58. The molecular formula is C21H25N3O3. The van der Waals surface area contributed by atoms with Crippen LogP contribution in [-0.4, -0.2) is 23.3 Å². The molecule has 0 saturated carbocycles. The van der Waals surface area contributed by atoms with E-state index in [1.807, 2.05) is 54.6 Å². The third-order valence-corrected chi connectivity index (χ3v) is 3.44. The molecule has 2 aromatic carbocycles. The summed E-state index contributed by atoms with van der Waals surface area (Å²) in [6, 6.07) is 17.4. The Balaban J connectivity index is 1.98. The lowest BCUT2D eigenvalue weighted by Crippen LogP contribution is -2.30. The fraction of sp³-hybridized carbons (Fsp3) is 0.286. The maximum atomic E-state index is 12.3. The monoisotopic (exact) mass is 367 g/mol. The molecule has 0 saturated heterocycles. The molecule has 0 radical (unpaired) electrons. The lowest BCUT2D eigenvalue weighted by Gasteiger charge is -2.18. The van der Waals surface area contributed by atoms with E-state index in [9.17, 15) is 9.59 Å². The van der Waals surface area contributed by atoms with Crippen molar-refractivity contribution in [3.63, 3.8) is 0 Å². The molecular weight excluding hydrogens is 342 g/mol. The number of hydrogen-bond donors (Lipinski definition) is 2. The highest BCUT2D eigenvalue weighted by atomic mass is 16.6. The summed E-state index contributed by atoms with van der Waals surface area (Å²) in [5, 5.41) is 6.80. The zero-order valence-electron chi connectivity index (χ0n) is 16.1. The first-order chi connectivity index (χ1) is 12.7. The summed E-state index contributed by atoms with van der Waals surface area (Å²) < 4.78 is 5.10. The van der Waals surface area contributed by atoms with Crippen LogP contribution in [0.3, 0.4) is 0 Å². The van der Waals surface area contributed by atoms with Crippen molar-refractivity contribution < 1.29 is 14.3 Å². The molecule has 0 atom stereocenters. The second-order valence-electron chi connectivity index (χ2n) is 7.10. The molecule has 0 unspecified atom stereocenters. The third kappa shape index (κ3) is 6.93. The zero-order valence-corrected chi connectivity index (χ0v) is 16.1. The van der Waals surface area contributed by atoms with Gasteiger partial charge in [0.2, 0.25) is 5.91 Å². The second kappa shape index (κ2) is 8.98. The molecule has 0 aliphatic carbocycles. The first kappa shape index (κ1) is 20.2. The van der Waals surface area contributed by atoms with Gasteiger partial charge in [-0.2, -0.15) is 5.10 Å². The van der Waals surface area contributed by atoms with Crippen LogP contribution in [0, 0.1) is 0 Å². The molecule has 0 aromatic heterocycles. The number of para-hydroxylation sites is 1. The number of nitrogens with zero attached hydrogens (tertiary/aromatic N) is 1. The fourth-order valence-corrected chi connectivity index (χ4v) is 2.37. The van der Waals surface area contributed by atoms with E-state index in [0.29, 0.717) is 5.71 Å². The average Bonchev–Trinajstić information content (AvgIpc) is 2.60. The highest BCUT2D eigenvalue weighted by Crippen LogP contribution is 2.27. The van der Waals surface area contributed by atoms with Gasteiger partial charge in [0.05, 0.1) is 6.42 Å². The minimum absolute atomic E-state index is 0.0545. The Morgan fingerprint density at radius 2 is 1.63 bits per heavy atom. The van der Waals surface area contributed by atoms with Crippen LogP contribution in [0.25, 0.3) is 11.1 Å². The van der Waals surface area contributed by atoms with Gasteiger partial charge in [-0.1, -0.05) is 48.5 Å². The SMILES string of the molecule is C/C(CC(=O)Nc1ccccc1-c1ccccc1)=N\NC(=O)OC(C)(C)C. The Labute approximate surface area is 159 Å². The van der Waals surface area contributed by atoms with Crippen LogP contribution in [0.2, 0.25) is 0 Å². The minimum atomic E-state index is -0.656. The number of ether oxygens (including phenoxy) is 1. The van der Waals surface area contributed by atoms with E-state index in [4.69, 9.17) is 4.74 Å². The summed E-state index contributed by atoms with van der Waals surface area (Å²) in [5.74, 6) is -0.217. The van der Waals surface area contributed by atoms with E-state index >= 15 is 0 Å². The summed E-state index contributed by atoms with van der Waals surface area (Å²) in [6.45, 7) is 6.96. The van der Waals surface area contributed by atoms with Gasteiger partial charge in [-0.3, -0.25) is 4.79 Å². The Morgan fingerprint density at radius 1 is 1.00 bits per heavy atom. The van der Waals surface area contributed by atoms with Gasteiger partial charge in [0.15, 0.2) is 0 Å². The molecule has 0 bridgehead atoms. The van der Waals surface area contributed by atoms with Crippen molar-refractivity contribution in [3.8, 4) is 11.1 Å². The van der Waals surface area contributed by atoms with Crippen molar-refractivity contribution in [2.45, 2.75) is 39.7 Å². The van der Waals surface area contributed by atoms with Crippen LogP contribution < -0.4 is 10.7 Å². The number of benzene rings is 2. The summed E-state index contributed by atoms with van der Waals surface area (Å²) in [5.41, 5.74) is 4.84. The Kier molecular flexibility index (Phi) is 6.71. The van der Waals surface area contributed by atoms with Crippen molar-refractivity contribution in [2.24, 2.45) is 5.10 Å². The standard InChI is InChI=1S/C21H25N3O3/c1-15(23-24-20(26)27-21(2,3)4)14-19(25)22-18-13-9-8-12-17(18)16-10-6-5-7-11-16/h5-13H,14H2,1-4H3,(H,22,25)(H,24,26)/b23-15+. The average molecular weight is 367 g/mol. The van der Waals surface area contributed by atoms with Crippen molar-refractivity contribution in [2.75, 3.05) is 5.32 Å². The van der Waals surface area contributed by atoms with Crippen LogP contribution >= 0.6 is 0 Å². The van der Waals surface area contributed by atoms with Crippen LogP contribution in [-0.2, 0) is 9.53 Å². The molecule has 0 heterocycles. The number of carbonyl (C=O) groups excluding carboxylic acids is 2. The lowest BCUT2D eigenvalue weighted by atomic mass is 10.0. The molecule has 0 aliphatic heterocycles. The van der Waals surface area contributed by atoms with E-state index in [2.05, 4.69) is 15.8 Å². The van der Waals surface area contributed by atoms with E-state index in [0.717, 1.165) is 16.8 Å². The second-order valence-corrected chi connectivity index (χ2v) is 7.10. The molecule has 0 spiro atoms. The largest absolute Gasteiger partial charge is 0.443 e. The van der Waals surface area contributed by atoms with Crippen molar-refractivity contribution in [1.29, 1.82) is 0 Å². The first-order valence-corrected chi connectivity index (χ1v) is 8.71. The van der Waals surface area contributed by atoms with Crippen LogP contribution in [0.4, 0.5) is 10.5 Å². The quantitative estimate of drug-likeness (QED) is 0.599. The van der Waals surface area contributed by atoms with E-state index in [1.165, 1.54) is 0 Å². The zero-order chi connectivity index (χ0) is 19.9. The number of amides is 2. The number of anilines is 1. The van der Waals surface area contributed by atoms with Crippen LogP contribution in [0.5, 0.6) is 0 Å². The van der Waals surface area contributed by atoms with Crippen molar-refractivity contribution in [1.82, 2.24) is 5.43 Å². The Hall–Kier alpha value is -3.15. The van der Waals surface area contributed by atoms with E-state index in [1.54, 1.807) is 27.7 Å². The maximum Gasteiger partial charge on any atom is 0.428 e. The van der Waals surface area contributed by atoms with Crippen molar-refractivity contribution in [3.05, 3.63) is 54.6 Å². The van der Waals surface area contributed by atoms with Gasteiger partial charge >= 0.3 is 6.09 Å². The van der Waals surface area contributed by atoms with Gasteiger partial charge in [-0.15, -0.1) is 0 Å². The van der Waals surface area contributed by atoms with Gasteiger partial charge in [0.1, 0.15) is 5.60 Å². The number of hydrogen-bond acceptors (Lipinski definition) is 4. The van der Waals surface area contributed by atoms with Crippen LogP contribution in [0.15, 0.2) is 59.7 Å². The maximum absolute atomic E-state index is 12.3. The van der Waals surface area contributed by atoms with Gasteiger partial charge in [-0.25, -0.2) is 10.2 Å². The molecule has 6 heteroatoms. The Bertz CT molecular complexity index is 824. The van der Waals surface area contributed by atoms with Gasteiger partial charge in [-0.05, 0) is 39.3 Å². The molecule has 6 nitrogen and oxygen atoms in total. The molecule has 27 heavy (non-hydrogen) atoms. The van der Waals surface area contributed by atoms with Gasteiger partial charge in [0.25, 0.3) is 0 Å². The summed E-state index contributed by atoms with van der Waals surface area (Å²) in [6.07, 6.45) is -0.601. The predicted molar refractivity (Wildman–Crippen MR) is 108 cm³/mol. The highest BCUT2D eigenvalue weighted by molar-refractivity contribution is 6.07. The first-order valence-electron chi connectivity index (χ1n) is 8.71. The number of carbonyl (C=O) groups is 2. The van der Waals surface area contributed by atoms with Gasteiger partial charge in [0, 0.05) is 17.0 Å². The molecule has 2 amide bonds. The van der Waals surface area contributed by atoms with E-state index in [-0.39, 0.29) is 12.3 Å². The summed E-state index contributed by atoms with van der Waals surface area (Å²) in [7, 11) is 0. The number of hydrazone groups is 1. The highest BCUT2D eigenvalue weighted by Gasteiger charge is 2.16. The molecule has 142 valence electrons. The molecule has 0 aliphatic rings. The normalized spacial score (nSPS) is 11.6. The molecule has 2 aromatic rings. The smallest absolute Gasteiger partial charge is 0.428 e. The molecule has 2 N–H and O–H groups in total. The minimum Gasteiger partial charge on any atom is -0.443 e. The topological polar surface area (TPSA) is 79.8 Å². The third-order valence-electron chi connectivity index (χ3n) is 3.44. The lowest BCUT2D eigenvalue weighted by molar-refractivity contribution is -0.115.